The molecule has 0 radical (unpaired) electrons. The summed E-state index contributed by atoms with van der Waals surface area (Å²) in [5.41, 5.74) is 1.62. The third-order valence-electron chi connectivity index (χ3n) is 6.00. The molecule has 0 saturated heterocycles. The van der Waals surface area contributed by atoms with Gasteiger partial charge in [-0.1, -0.05) is 69.2 Å². The second-order valence-electron chi connectivity index (χ2n) is 8.95. The molecule has 0 unspecified atom stereocenters. The van der Waals surface area contributed by atoms with Gasteiger partial charge in [-0.2, -0.15) is 0 Å². The Bertz CT molecular complexity index is 612. The zero-order valence-electron chi connectivity index (χ0n) is 17.4. The maximum atomic E-state index is 13.4. The van der Waals surface area contributed by atoms with Crippen LogP contribution in [0.5, 0.6) is 0 Å². The van der Waals surface area contributed by atoms with Gasteiger partial charge in [0.15, 0.2) is 0 Å². The van der Waals surface area contributed by atoms with E-state index < -0.39 is 5.41 Å². The van der Waals surface area contributed by atoms with E-state index in [2.05, 4.69) is 40.7 Å². The molecule has 0 bridgehead atoms. The summed E-state index contributed by atoms with van der Waals surface area (Å²) in [6, 6.07) is 10.1. The summed E-state index contributed by atoms with van der Waals surface area (Å²) in [6.07, 6.45) is 6.25. The molecule has 1 fully saturated rings. The molecule has 1 aromatic carbocycles. The maximum Gasteiger partial charge on any atom is 0.316 e. The Morgan fingerprint density at radius 1 is 1.23 bits per heavy atom. The largest absolute Gasteiger partial charge is 0.461 e. The van der Waals surface area contributed by atoms with E-state index in [1.165, 1.54) is 12.0 Å². The lowest BCUT2D eigenvalue weighted by molar-refractivity contribution is -0.162. The van der Waals surface area contributed by atoms with Crippen molar-refractivity contribution in [2.24, 2.45) is 17.8 Å². The topological polar surface area (TPSA) is 26.3 Å². The van der Waals surface area contributed by atoms with Crippen LogP contribution in [0.25, 0.3) is 0 Å². The molecule has 2 heteroatoms. The van der Waals surface area contributed by atoms with Crippen LogP contribution in [-0.4, -0.2) is 12.1 Å². The second-order valence-corrected chi connectivity index (χ2v) is 8.95. The number of esters is 1. The minimum Gasteiger partial charge on any atom is -0.461 e. The molecular weight excluding hydrogens is 320 g/mol. The van der Waals surface area contributed by atoms with Crippen molar-refractivity contribution in [3.63, 3.8) is 0 Å². The Morgan fingerprint density at radius 3 is 2.46 bits per heavy atom. The van der Waals surface area contributed by atoms with Gasteiger partial charge in [0.25, 0.3) is 0 Å². The van der Waals surface area contributed by atoms with Crippen LogP contribution in [0.15, 0.2) is 42.0 Å². The van der Waals surface area contributed by atoms with Gasteiger partial charge in [-0.3, -0.25) is 4.79 Å². The molecule has 0 aromatic heterocycles. The Kier molecular flexibility index (Phi) is 7.08. The van der Waals surface area contributed by atoms with Crippen LogP contribution in [0.2, 0.25) is 0 Å². The summed E-state index contributed by atoms with van der Waals surface area (Å²) >= 11 is 0. The van der Waals surface area contributed by atoms with Crippen molar-refractivity contribution in [3.05, 3.63) is 47.5 Å². The smallest absolute Gasteiger partial charge is 0.316 e. The van der Waals surface area contributed by atoms with Gasteiger partial charge in [-0.05, 0) is 63.4 Å². The number of rotatable bonds is 6. The van der Waals surface area contributed by atoms with Crippen molar-refractivity contribution < 1.29 is 9.53 Å². The van der Waals surface area contributed by atoms with Crippen LogP contribution in [0.3, 0.4) is 0 Å². The lowest BCUT2D eigenvalue weighted by Gasteiger charge is -2.39. The first-order valence-corrected chi connectivity index (χ1v) is 10.1. The number of allylic oxidation sites excluding steroid dienone is 2. The quantitative estimate of drug-likeness (QED) is 0.441. The Morgan fingerprint density at radius 2 is 1.88 bits per heavy atom. The minimum atomic E-state index is -0.638. The molecule has 2 nitrogen and oxygen atoms in total. The molecule has 0 heterocycles. The zero-order chi connectivity index (χ0) is 19.3. The average molecular weight is 357 g/mol. The van der Waals surface area contributed by atoms with Gasteiger partial charge >= 0.3 is 5.97 Å². The number of carbonyl (C=O) groups is 1. The summed E-state index contributed by atoms with van der Waals surface area (Å²) in [5.74, 6) is 1.56. The fraction of sp³-hybridized carbons (Fsp3) is 0.625. The third-order valence-corrected chi connectivity index (χ3v) is 6.00. The monoisotopic (exact) mass is 356 g/mol. The molecule has 0 amide bonds. The van der Waals surface area contributed by atoms with Gasteiger partial charge in [0.2, 0.25) is 0 Å². The van der Waals surface area contributed by atoms with E-state index in [4.69, 9.17) is 4.74 Å². The number of hydrogen-bond acceptors (Lipinski definition) is 2. The van der Waals surface area contributed by atoms with Gasteiger partial charge in [-0.25, -0.2) is 0 Å². The van der Waals surface area contributed by atoms with Crippen molar-refractivity contribution >= 4 is 5.97 Å². The zero-order valence-corrected chi connectivity index (χ0v) is 17.4. The normalized spacial score (nSPS) is 25.4. The van der Waals surface area contributed by atoms with Crippen LogP contribution in [0.4, 0.5) is 0 Å². The summed E-state index contributed by atoms with van der Waals surface area (Å²) in [5, 5.41) is 0. The van der Waals surface area contributed by atoms with Crippen molar-refractivity contribution in [3.8, 4) is 0 Å². The van der Waals surface area contributed by atoms with Crippen LogP contribution in [-0.2, 0) is 14.9 Å². The molecule has 1 aliphatic rings. The Hall–Kier alpha value is -1.57. The molecular formula is C24H36O2. The molecule has 0 aliphatic heterocycles. The van der Waals surface area contributed by atoms with Gasteiger partial charge < -0.3 is 4.74 Å². The van der Waals surface area contributed by atoms with E-state index in [-0.39, 0.29) is 12.1 Å². The van der Waals surface area contributed by atoms with Crippen LogP contribution >= 0.6 is 0 Å². The Labute approximate surface area is 160 Å². The lowest BCUT2D eigenvalue weighted by Crippen LogP contribution is -2.42. The SMILES string of the molecule is CC(C)=CC[C@](C)(C(=O)O[C@@H]1C[C@H](C)CC[C@H]1C(C)C)c1ccccc1. The predicted octanol–water partition coefficient (Wildman–Crippen LogP) is 6.30. The number of ether oxygens (including phenoxy) is 1. The first-order chi connectivity index (χ1) is 12.2. The molecule has 144 valence electrons. The molecule has 1 aliphatic carbocycles. The highest BCUT2D eigenvalue weighted by molar-refractivity contribution is 5.83. The minimum absolute atomic E-state index is 0.0426. The number of carbonyl (C=O) groups excluding carboxylic acids is 1. The summed E-state index contributed by atoms with van der Waals surface area (Å²) in [7, 11) is 0. The summed E-state index contributed by atoms with van der Waals surface area (Å²) in [6.45, 7) is 13.0. The average Bonchev–Trinajstić information content (AvgIpc) is 2.60. The highest BCUT2D eigenvalue weighted by Gasteiger charge is 2.40. The number of hydrogen-bond donors (Lipinski definition) is 0. The van der Waals surface area contributed by atoms with Gasteiger partial charge in [0, 0.05) is 0 Å². The molecule has 0 N–H and O–H groups in total. The van der Waals surface area contributed by atoms with Crippen LogP contribution in [0, 0.1) is 17.8 Å². The van der Waals surface area contributed by atoms with E-state index in [0.29, 0.717) is 24.2 Å². The standard InChI is InChI=1S/C24H36O2/c1-17(2)14-15-24(6,20-10-8-7-9-11-20)23(25)26-22-16-19(5)12-13-21(22)18(3)4/h7-11,14,18-19,21-22H,12-13,15-16H2,1-6H3/t19-,21+,22-,24+/m1/s1. The fourth-order valence-electron chi connectivity index (χ4n) is 4.05. The second kappa shape index (κ2) is 8.88. The first-order valence-electron chi connectivity index (χ1n) is 10.1. The highest BCUT2D eigenvalue weighted by Crippen LogP contribution is 2.38. The summed E-state index contributed by atoms with van der Waals surface area (Å²) < 4.78 is 6.22. The van der Waals surface area contributed by atoms with E-state index >= 15 is 0 Å². The van der Waals surface area contributed by atoms with Gasteiger partial charge in [-0.15, -0.1) is 0 Å². The molecule has 2 rings (SSSR count). The molecule has 0 spiro atoms. The highest BCUT2D eigenvalue weighted by atomic mass is 16.5. The lowest BCUT2D eigenvalue weighted by atomic mass is 9.74. The fourth-order valence-corrected chi connectivity index (χ4v) is 4.05. The molecule has 4 atom stereocenters. The van der Waals surface area contributed by atoms with Crippen LogP contribution in [0.1, 0.15) is 72.8 Å². The molecule has 1 aromatic rings. The summed E-state index contributed by atoms with van der Waals surface area (Å²) in [4.78, 5) is 13.4. The van der Waals surface area contributed by atoms with Crippen molar-refractivity contribution in [2.45, 2.75) is 78.7 Å². The van der Waals surface area contributed by atoms with E-state index in [9.17, 15) is 4.79 Å². The third kappa shape index (κ3) is 4.99. The first kappa shape index (κ1) is 20.7. The van der Waals surface area contributed by atoms with Crippen molar-refractivity contribution in [1.29, 1.82) is 0 Å². The molecule has 26 heavy (non-hydrogen) atoms. The van der Waals surface area contributed by atoms with Gasteiger partial charge in [0.05, 0.1) is 5.41 Å². The number of benzene rings is 1. The molecule has 1 saturated carbocycles. The van der Waals surface area contributed by atoms with Crippen molar-refractivity contribution in [1.82, 2.24) is 0 Å². The Balaban J connectivity index is 2.26. The van der Waals surface area contributed by atoms with E-state index in [1.54, 1.807) is 0 Å². The maximum absolute atomic E-state index is 13.4. The predicted molar refractivity (Wildman–Crippen MR) is 109 cm³/mol. The van der Waals surface area contributed by atoms with Gasteiger partial charge in [0.1, 0.15) is 6.10 Å². The van der Waals surface area contributed by atoms with Crippen LogP contribution < -0.4 is 0 Å². The van der Waals surface area contributed by atoms with E-state index in [1.807, 2.05) is 37.3 Å². The van der Waals surface area contributed by atoms with E-state index in [0.717, 1.165) is 18.4 Å². The van der Waals surface area contributed by atoms with Crippen molar-refractivity contribution in [2.75, 3.05) is 0 Å².